The number of carboxylic acids is 1. The summed E-state index contributed by atoms with van der Waals surface area (Å²) >= 11 is 0. The largest absolute Gasteiger partial charge is 0.477 e. The van der Waals surface area contributed by atoms with E-state index in [-0.39, 0.29) is 5.57 Å². The number of rotatable bonds is 3. The molecule has 0 saturated heterocycles. The van der Waals surface area contributed by atoms with Crippen molar-refractivity contribution in [2.24, 2.45) is 0 Å². The summed E-state index contributed by atoms with van der Waals surface area (Å²) in [5.74, 6) is -1.22. The number of hydrogen-bond acceptors (Lipinski definition) is 3. The Labute approximate surface area is 87.7 Å². The minimum absolute atomic E-state index is 0.290. The van der Waals surface area contributed by atoms with Gasteiger partial charge in [-0.1, -0.05) is 18.2 Å². The van der Waals surface area contributed by atoms with Gasteiger partial charge in [0.2, 0.25) is 0 Å². The van der Waals surface area contributed by atoms with Gasteiger partial charge in [-0.3, -0.25) is 0 Å². The van der Waals surface area contributed by atoms with Crippen molar-refractivity contribution in [2.45, 2.75) is 0 Å². The molecule has 0 unspecified atom stereocenters. The third kappa shape index (κ3) is 2.85. The van der Waals surface area contributed by atoms with Crippen LogP contribution in [0.5, 0.6) is 0 Å². The summed E-state index contributed by atoms with van der Waals surface area (Å²) in [6.45, 7) is 0. The molecule has 1 aromatic rings. The van der Waals surface area contributed by atoms with Crippen molar-refractivity contribution >= 4 is 11.7 Å². The van der Waals surface area contributed by atoms with E-state index in [1.54, 1.807) is 18.0 Å². The van der Waals surface area contributed by atoms with Crippen LogP contribution in [0.15, 0.2) is 42.1 Å². The first-order valence-electron chi connectivity index (χ1n) is 4.28. The van der Waals surface area contributed by atoms with Crippen molar-refractivity contribution in [3.63, 3.8) is 0 Å². The highest BCUT2D eigenvalue weighted by atomic mass is 16.4. The fourth-order valence-electron chi connectivity index (χ4n) is 1.06. The molecule has 0 atom stereocenters. The zero-order valence-electron chi connectivity index (χ0n) is 8.21. The van der Waals surface area contributed by atoms with Gasteiger partial charge in [-0.15, -0.1) is 0 Å². The van der Waals surface area contributed by atoms with Gasteiger partial charge in [0, 0.05) is 18.9 Å². The Morgan fingerprint density at radius 1 is 1.47 bits per heavy atom. The lowest BCUT2D eigenvalue weighted by Gasteiger charge is -2.13. The second-order valence-electron chi connectivity index (χ2n) is 2.91. The Morgan fingerprint density at radius 2 is 2.07 bits per heavy atom. The van der Waals surface area contributed by atoms with Gasteiger partial charge >= 0.3 is 5.97 Å². The normalized spacial score (nSPS) is 10.5. The van der Waals surface area contributed by atoms with Crippen LogP contribution in [0.1, 0.15) is 0 Å². The quantitative estimate of drug-likeness (QED) is 0.597. The van der Waals surface area contributed by atoms with Gasteiger partial charge < -0.3 is 10.0 Å². The van der Waals surface area contributed by atoms with E-state index in [9.17, 15) is 4.79 Å². The third-order valence-electron chi connectivity index (χ3n) is 1.84. The highest BCUT2D eigenvalue weighted by Gasteiger charge is 2.07. The molecule has 1 aromatic carbocycles. The predicted molar refractivity (Wildman–Crippen MR) is 56.2 cm³/mol. The summed E-state index contributed by atoms with van der Waals surface area (Å²) in [5.41, 5.74) is 0.535. The van der Waals surface area contributed by atoms with Gasteiger partial charge in [-0.25, -0.2) is 4.79 Å². The molecule has 4 heteroatoms. The smallest absolute Gasteiger partial charge is 0.347 e. The van der Waals surface area contributed by atoms with Crippen LogP contribution in [0.3, 0.4) is 0 Å². The van der Waals surface area contributed by atoms with Crippen molar-refractivity contribution in [1.29, 1.82) is 5.26 Å². The molecule has 76 valence electrons. The van der Waals surface area contributed by atoms with E-state index in [2.05, 4.69) is 0 Å². The second-order valence-corrected chi connectivity index (χ2v) is 2.91. The molecular weight excluding hydrogens is 192 g/mol. The molecule has 0 heterocycles. The van der Waals surface area contributed by atoms with Gasteiger partial charge in [-0.2, -0.15) is 5.26 Å². The number of hydrogen-bond donors (Lipinski definition) is 1. The first-order valence-corrected chi connectivity index (χ1v) is 4.28. The number of para-hydroxylation sites is 1. The lowest BCUT2D eigenvalue weighted by molar-refractivity contribution is -0.132. The van der Waals surface area contributed by atoms with E-state index >= 15 is 0 Å². The molecule has 0 aliphatic carbocycles. The zero-order chi connectivity index (χ0) is 11.3. The number of anilines is 1. The molecule has 0 spiro atoms. The van der Waals surface area contributed by atoms with Crippen LogP contribution in [0.25, 0.3) is 0 Å². The molecule has 0 aromatic heterocycles. The Balaban J connectivity index is 2.93. The first kappa shape index (κ1) is 10.8. The summed E-state index contributed by atoms with van der Waals surface area (Å²) in [7, 11) is 1.69. The molecule has 0 fully saturated rings. The van der Waals surface area contributed by atoms with E-state index in [4.69, 9.17) is 10.4 Å². The maximum Gasteiger partial charge on any atom is 0.347 e. The maximum atomic E-state index is 10.6. The Hall–Kier alpha value is -2.28. The molecule has 4 nitrogen and oxygen atoms in total. The first-order chi connectivity index (χ1) is 7.15. The maximum absolute atomic E-state index is 10.6. The standard InChI is InChI=1S/C11H10N2O2/c1-13(8-9(7-12)11(14)15)10-5-3-2-4-6-10/h2-6,8H,1H3,(H,14,15). The summed E-state index contributed by atoms with van der Waals surface area (Å²) < 4.78 is 0. The van der Waals surface area contributed by atoms with Gasteiger partial charge in [0.25, 0.3) is 0 Å². The van der Waals surface area contributed by atoms with Crippen LogP contribution in [-0.2, 0) is 4.79 Å². The number of carboxylic acid groups (broad SMARTS) is 1. The monoisotopic (exact) mass is 202 g/mol. The van der Waals surface area contributed by atoms with Crippen molar-refractivity contribution in [3.8, 4) is 6.07 Å². The second kappa shape index (κ2) is 4.82. The molecule has 0 saturated carbocycles. The number of benzene rings is 1. The summed E-state index contributed by atoms with van der Waals surface area (Å²) in [4.78, 5) is 12.2. The highest BCUT2D eigenvalue weighted by Crippen LogP contribution is 2.12. The minimum atomic E-state index is -1.22. The molecule has 0 bridgehead atoms. The third-order valence-corrected chi connectivity index (χ3v) is 1.84. The van der Waals surface area contributed by atoms with E-state index < -0.39 is 5.97 Å². The van der Waals surface area contributed by atoms with Crippen LogP contribution in [0.4, 0.5) is 5.69 Å². The van der Waals surface area contributed by atoms with E-state index in [0.29, 0.717) is 0 Å². The molecule has 15 heavy (non-hydrogen) atoms. The van der Waals surface area contributed by atoms with Gasteiger partial charge in [0.1, 0.15) is 6.07 Å². The lowest BCUT2D eigenvalue weighted by Crippen LogP contribution is -2.11. The summed E-state index contributed by atoms with van der Waals surface area (Å²) in [6.07, 6.45) is 1.29. The van der Waals surface area contributed by atoms with Crippen molar-refractivity contribution in [2.75, 3.05) is 11.9 Å². The van der Waals surface area contributed by atoms with Gasteiger partial charge in [0.05, 0.1) is 0 Å². The molecule has 0 amide bonds. The molecule has 1 N–H and O–H groups in total. The van der Waals surface area contributed by atoms with Crippen LogP contribution in [0, 0.1) is 11.3 Å². The van der Waals surface area contributed by atoms with E-state index in [0.717, 1.165) is 5.69 Å². The average Bonchev–Trinajstić information content (AvgIpc) is 2.26. The lowest BCUT2D eigenvalue weighted by atomic mass is 10.3. The fraction of sp³-hybridized carbons (Fsp3) is 0.0909. The summed E-state index contributed by atoms with van der Waals surface area (Å²) in [6, 6.07) is 10.8. The summed E-state index contributed by atoms with van der Waals surface area (Å²) in [5, 5.41) is 17.2. The predicted octanol–water partition coefficient (Wildman–Crippen LogP) is 1.61. The van der Waals surface area contributed by atoms with Crippen molar-refractivity contribution < 1.29 is 9.90 Å². The fourth-order valence-corrected chi connectivity index (χ4v) is 1.06. The number of nitrogens with zero attached hydrogens (tertiary/aromatic N) is 2. The van der Waals surface area contributed by atoms with E-state index in [1.807, 2.05) is 30.3 Å². The number of carbonyl (C=O) groups is 1. The SMILES string of the molecule is CN(C=C(C#N)C(=O)O)c1ccccc1. The molecule has 1 rings (SSSR count). The van der Waals surface area contributed by atoms with Gasteiger partial charge in [0.15, 0.2) is 5.57 Å². The van der Waals surface area contributed by atoms with Crippen molar-refractivity contribution in [3.05, 3.63) is 42.1 Å². The molecule has 0 radical (unpaired) electrons. The average molecular weight is 202 g/mol. The Morgan fingerprint density at radius 3 is 2.53 bits per heavy atom. The van der Waals surface area contributed by atoms with Crippen LogP contribution in [0.2, 0.25) is 0 Å². The topological polar surface area (TPSA) is 64.3 Å². The van der Waals surface area contributed by atoms with Crippen LogP contribution < -0.4 is 4.90 Å². The van der Waals surface area contributed by atoms with E-state index in [1.165, 1.54) is 6.20 Å². The Kier molecular flexibility index (Phi) is 3.47. The Bertz CT molecular complexity index is 418. The van der Waals surface area contributed by atoms with Gasteiger partial charge in [-0.05, 0) is 12.1 Å². The molecule has 0 aliphatic rings. The van der Waals surface area contributed by atoms with Crippen molar-refractivity contribution in [1.82, 2.24) is 0 Å². The molecule has 0 aliphatic heterocycles. The number of aliphatic carboxylic acids is 1. The van der Waals surface area contributed by atoms with Crippen LogP contribution in [-0.4, -0.2) is 18.1 Å². The van der Waals surface area contributed by atoms with Crippen LogP contribution >= 0.6 is 0 Å². The minimum Gasteiger partial charge on any atom is -0.477 e. The zero-order valence-corrected chi connectivity index (χ0v) is 8.21. The number of nitriles is 1. The molecular formula is C11H10N2O2. The highest BCUT2D eigenvalue weighted by molar-refractivity contribution is 5.91.